The highest BCUT2D eigenvalue weighted by atomic mass is 32.2. The Bertz CT molecular complexity index is 754. The first-order chi connectivity index (χ1) is 12.5. The maximum Gasteiger partial charge on any atom is 0.277 e. The topological polar surface area (TPSA) is 62.5 Å². The minimum Gasteiger partial charge on any atom is -0.416 e. The van der Waals surface area contributed by atoms with Gasteiger partial charge in [-0.05, 0) is 25.5 Å². The first-order valence-electron chi connectivity index (χ1n) is 8.67. The van der Waals surface area contributed by atoms with Gasteiger partial charge in [-0.25, -0.2) is 4.39 Å². The van der Waals surface area contributed by atoms with Crippen molar-refractivity contribution in [2.24, 2.45) is 0 Å². The maximum atomic E-state index is 13.9. The molecule has 0 aliphatic carbocycles. The number of amides is 1. The van der Waals surface area contributed by atoms with E-state index in [1.165, 1.54) is 17.8 Å². The Balaban J connectivity index is 1.52. The highest BCUT2D eigenvalue weighted by Gasteiger charge is 2.26. The molecule has 0 unspecified atom stereocenters. The number of aromatic nitrogens is 2. The van der Waals surface area contributed by atoms with Gasteiger partial charge in [0.1, 0.15) is 5.82 Å². The Morgan fingerprint density at radius 2 is 2.23 bits per heavy atom. The summed E-state index contributed by atoms with van der Waals surface area (Å²) in [5.74, 6) is 0.611. The average Bonchev–Trinajstić information content (AvgIpc) is 3.06. The third kappa shape index (κ3) is 4.82. The number of carbonyl (C=O) groups excluding carboxylic acids is 1. The van der Waals surface area contributed by atoms with E-state index < -0.39 is 0 Å². The predicted molar refractivity (Wildman–Crippen MR) is 97.2 cm³/mol. The molecule has 8 heteroatoms. The Hall–Kier alpha value is -1.93. The molecule has 1 aliphatic rings. The minimum atomic E-state index is -0.176. The number of benzene rings is 1. The molecule has 1 aromatic carbocycles. The van der Waals surface area contributed by atoms with Crippen LogP contribution in [0.15, 0.2) is 33.9 Å². The molecule has 0 N–H and O–H groups in total. The van der Waals surface area contributed by atoms with Gasteiger partial charge in [-0.1, -0.05) is 30.0 Å². The van der Waals surface area contributed by atoms with E-state index >= 15 is 0 Å². The molecular formula is C18H23FN4O2S. The van der Waals surface area contributed by atoms with E-state index in [9.17, 15) is 9.18 Å². The molecule has 1 amide bonds. The molecule has 2 aromatic rings. The number of aryl methyl sites for hydroxylation is 1. The lowest BCUT2D eigenvalue weighted by atomic mass is 10.0. The smallest absolute Gasteiger partial charge is 0.277 e. The lowest BCUT2D eigenvalue weighted by Gasteiger charge is -2.37. The van der Waals surface area contributed by atoms with Crippen LogP contribution in [0.5, 0.6) is 0 Å². The fourth-order valence-corrected chi connectivity index (χ4v) is 3.85. The first kappa shape index (κ1) is 18.8. The molecule has 1 atom stereocenters. The van der Waals surface area contributed by atoms with Crippen LogP contribution in [0.2, 0.25) is 0 Å². The number of piperidine rings is 1. The summed E-state index contributed by atoms with van der Waals surface area (Å²) in [5, 5.41) is 8.06. The Morgan fingerprint density at radius 1 is 1.42 bits per heavy atom. The van der Waals surface area contributed by atoms with Crippen molar-refractivity contribution in [3.05, 3.63) is 41.5 Å². The molecule has 26 heavy (non-hydrogen) atoms. The number of rotatable bonds is 6. The van der Waals surface area contributed by atoms with Gasteiger partial charge < -0.3 is 9.32 Å². The zero-order chi connectivity index (χ0) is 18.5. The van der Waals surface area contributed by atoms with Crippen molar-refractivity contribution >= 4 is 17.7 Å². The SMILES string of the molecule is Cc1nnc(SCC(=O)N(C)[C@H]2CCCN(Cc3ccccc3F)C2)o1. The number of nitrogens with zero attached hydrogens (tertiary/aromatic N) is 4. The number of thioether (sulfide) groups is 1. The predicted octanol–water partition coefficient (Wildman–Crippen LogP) is 2.73. The third-order valence-corrected chi connectivity index (χ3v) is 5.40. The van der Waals surface area contributed by atoms with Gasteiger partial charge in [-0.3, -0.25) is 9.69 Å². The van der Waals surface area contributed by atoms with Crippen LogP contribution in [0, 0.1) is 12.7 Å². The molecule has 6 nitrogen and oxygen atoms in total. The number of hydrogen-bond acceptors (Lipinski definition) is 6. The summed E-state index contributed by atoms with van der Waals surface area (Å²) < 4.78 is 19.2. The van der Waals surface area contributed by atoms with Gasteiger partial charge in [0.05, 0.1) is 5.75 Å². The van der Waals surface area contributed by atoms with Crippen molar-refractivity contribution in [1.82, 2.24) is 20.0 Å². The van der Waals surface area contributed by atoms with Crippen molar-refractivity contribution in [3.8, 4) is 0 Å². The molecule has 0 bridgehead atoms. The quantitative estimate of drug-likeness (QED) is 0.721. The Kier molecular flexibility index (Phi) is 6.26. The van der Waals surface area contributed by atoms with E-state index in [0.29, 0.717) is 23.2 Å². The number of likely N-dealkylation sites (N-methyl/N-ethyl adjacent to an activating group) is 1. The van der Waals surface area contributed by atoms with Crippen molar-refractivity contribution in [3.63, 3.8) is 0 Å². The molecule has 0 spiro atoms. The van der Waals surface area contributed by atoms with Crippen LogP contribution in [0.3, 0.4) is 0 Å². The normalized spacial score (nSPS) is 18.0. The van der Waals surface area contributed by atoms with Crippen LogP contribution >= 0.6 is 11.8 Å². The van der Waals surface area contributed by atoms with Crippen molar-refractivity contribution in [2.45, 2.75) is 37.6 Å². The van der Waals surface area contributed by atoms with E-state index in [1.807, 2.05) is 19.2 Å². The average molecular weight is 378 g/mol. The summed E-state index contributed by atoms with van der Waals surface area (Å²) in [7, 11) is 1.83. The second kappa shape index (κ2) is 8.64. The molecule has 1 saturated heterocycles. The lowest BCUT2D eigenvalue weighted by Crippen LogP contribution is -2.48. The molecule has 2 heterocycles. The van der Waals surface area contributed by atoms with Gasteiger partial charge in [0.2, 0.25) is 11.8 Å². The van der Waals surface area contributed by atoms with Crippen molar-refractivity contribution in [2.75, 3.05) is 25.9 Å². The van der Waals surface area contributed by atoms with Crippen LogP contribution in [0.1, 0.15) is 24.3 Å². The highest BCUT2D eigenvalue weighted by molar-refractivity contribution is 7.99. The largest absolute Gasteiger partial charge is 0.416 e. The van der Waals surface area contributed by atoms with E-state index in [2.05, 4.69) is 15.1 Å². The van der Waals surface area contributed by atoms with Crippen molar-refractivity contribution in [1.29, 1.82) is 0 Å². The van der Waals surface area contributed by atoms with Gasteiger partial charge >= 0.3 is 0 Å². The molecule has 1 aliphatic heterocycles. The van der Waals surface area contributed by atoms with Gasteiger partial charge in [0, 0.05) is 38.7 Å². The van der Waals surface area contributed by atoms with Gasteiger partial charge in [-0.15, -0.1) is 10.2 Å². The third-order valence-electron chi connectivity index (χ3n) is 4.60. The number of carbonyl (C=O) groups is 1. The summed E-state index contributed by atoms with van der Waals surface area (Å²) in [6, 6.07) is 6.99. The number of likely N-dealkylation sites (tertiary alicyclic amines) is 1. The summed E-state index contributed by atoms with van der Waals surface area (Å²) in [4.78, 5) is 16.5. The van der Waals surface area contributed by atoms with E-state index in [0.717, 1.165) is 25.9 Å². The Labute approximate surface area is 156 Å². The Morgan fingerprint density at radius 3 is 2.96 bits per heavy atom. The summed E-state index contributed by atoms with van der Waals surface area (Å²) >= 11 is 1.25. The number of hydrogen-bond donors (Lipinski definition) is 0. The van der Waals surface area contributed by atoms with Crippen LogP contribution in [-0.2, 0) is 11.3 Å². The second-order valence-electron chi connectivity index (χ2n) is 6.50. The summed E-state index contributed by atoms with van der Waals surface area (Å²) in [6.07, 6.45) is 1.95. The summed E-state index contributed by atoms with van der Waals surface area (Å²) in [6.45, 7) is 3.96. The highest BCUT2D eigenvalue weighted by Crippen LogP contribution is 2.21. The molecule has 140 valence electrons. The molecular weight excluding hydrogens is 355 g/mol. The molecule has 1 fully saturated rings. The lowest BCUT2D eigenvalue weighted by molar-refractivity contribution is -0.130. The molecule has 3 rings (SSSR count). The van der Waals surface area contributed by atoms with Gasteiger partial charge in [0.25, 0.3) is 5.22 Å². The monoisotopic (exact) mass is 378 g/mol. The van der Waals surface area contributed by atoms with Crippen LogP contribution < -0.4 is 0 Å². The first-order valence-corrected chi connectivity index (χ1v) is 9.66. The molecule has 1 aromatic heterocycles. The fourth-order valence-electron chi connectivity index (χ4n) is 3.12. The van der Waals surface area contributed by atoms with E-state index in [1.54, 1.807) is 17.9 Å². The van der Waals surface area contributed by atoms with Gasteiger partial charge in [0.15, 0.2) is 0 Å². The minimum absolute atomic E-state index is 0.0311. The van der Waals surface area contributed by atoms with E-state index in [-0.39, 0.29) is 23.5 Å². The fraction of sp³-hybridized carbons (Fsp3) is 0.500. The van der Waals surface area contributed by atoms with Crippen LogP contribution in [0.4, 0.5) is 4.39 Å². The van der Waals surface area contributed by atoms with Crippen LogP contribution in [0.25, 0.3) is 0 Å². The van der Waals surface area contributed by atoms with Gasteiger partial charge in [-0.2, -0.15) is 0 Å². The standard InChI is InChI=1S/C18H23FN4O2S/c1-13-20-21-18(25-13)26-12-17(24)22(2)15-7-5-9-23(11-15)10-14-6-3-4-8-16(14)19/h3-4,6,8,15H,5,7,9-12H2,1-2H3/t15-/m0/s1. The van der Waals surface area contributed by atoms with Crippen LogP contribution in [-0.4, -0.2) is 57.8 Å². The maximum absolute atomic E-state index is 13.9. The molecule has 0 saturated carbocycles. The number of halogens is 1. The van der Waals surface area contributed by atoms with E-state index in [4.69, 9.17) is 4.42 Å². The molecule has 0 radical (unpaired) electrons. The zero-order valence-corrected chi connectivity index (χ0v) is 15.8. The zero-order valence-electron chi connectivity index (χ0n) is 15.0. The summed E-state index contributed by atoms with van der Waals surface area (Å²) in [5.41, 5.74) is 0.699. The van der Waals surface area contributed by atoms with Crippen molar-refractivity contribution < 1.29 is 13.6 Å². The second-order valence-corrected chi connectivity index (χ2v) is 7.43.